The zero-order valence-corrected chi connectivity index (χ0v) is 11.0. The number of hydrogen-bond acceptors (Lipinski definition) is 4. The van der Waals surface area contributed by atoms with Crippen molar-refractivity contribution in [2.24, 2.45) is 5.92 Å². The molecule has 2 heterocycles. The molecule has 5 nitrogen and oxygen atoms in total. The highest BCUT2D eigenvalue weighted by atomic mass is 32.2. The van der Waals surface area contributed by atoms with Crippen molar-refractivity contribution in [2.75, 3.05) is 45.1 Å². The fourth-order valence-corrected chi connectivity index (χ4v) is 4.03. The third-order valence-electron chi connectivity index (χ3n) is 3.55. The van der Waals surface area contributed by atoms with Gasteiger partial charge in [0.2, 0.25) is 10.0 Å². The maximum absolute atomic E-state index is 12.1. The van der Waals surface area contributed by atoms with Gasteiger partial charge in [0.15, 0.2) is 0 Å². The summed E-state index contributed by atoms with van der Waals surface area (Å²) in [5.41, 5.74) is 0. The molecule has 17 heavy (non-hydrogen) atoms. The predicted octanol–water partition coefficient (Wildman–Crippen LogP) is 0.0381. The molecule has 2 aliphatic heterocycles. The van der Waals surface area contributed by atoms with Crippen LogP contribution in [0, 0.1) is 5.92 Å². The van der Waals surface area contributed by atoms with E-state index in [4.69, 9.17) is 4.74 Å². The molecular weight excluding hydrogens is 240 g/mol. The van der Waals surface area contributed by atoms with Gasteiger partial charge in [0, 0.05) is 13.1 Å². The number of morpholine rings is 1. The molecule has 2 fully saturated rings. The molecule has 1 atom stereocenters. The maximum Gasteiger partial charge on any atom is 0.214 e. The highest BCUT2D eigenvalue weighted by Crippen LogP contribution is 2.16. The average Bonchev–Trinajstić information content (AvgIpc) is 2.39. The molecule has 0 bridgehead atoms. The Morgan fingerprint density at radius 1 is 1.29 bits per heavy atom. The van der Waals surface area contributed by atoms with E-state index in [9.17, 15) is 8.42 Å². The van der Waals surface area contributed by atoms with Gasteiger partial charge in [-0.15, -0.1) is 0 Å². The zero-order chi connectivity index (χ0) is 12.1. The first kappa shape index (κ1) is 13.3. The van der Waals surface area contributed by atoms with Gasteiger partial charge in [-0.1, -0.05) is 0 Å². The largest absolute Gasteiger partial charge is 0.379 e. The molecule has 2 aliphatic rings. The van der Waals surface area contributed by atoms with Crippen molar-refractivity contribution in [3.05, 3.63) is 0 Å². The molecule has 0 amide bonds. The van der Waals surface area contributed by atoms with Crippen molar-refractivity contribution in [2.45, 2.75) is 19.3 Å². The van der Waals surface area contributed by atoms with Crippen LogP contribution in [0.15, 0.2) is 0 Å². The average molecular weight is 262 g/mol. The second-order valence-corrected chi connectivity index (χ2v) is 6.92. The van der Waals surface area contributed by atoms with Gasteiger partial charge in [0.25, 0.3) is 0 Å². The summed E-state index contributed by atoms with van der Waals surface area (Å²) >= 11 is 0. The van der Waals surface area contributed by atoms with Crippen LogP contribution in [0.2, 0.25) is 0 Å². The normalized spacial score (nSPS) is 28.1. The van der Waals surface area contributed by atoms with E-state index in [1.807, 2.05) is 0 Å². The second kappa shape index (κ2) is 6.13. The van der Waals surface area contributed by atoms with Gasteiger partial charge in [-0.2, -0.15) is 4.31 Å². The summed E-state index contributed by atoms with van der Waals surface area (Å²) in [4.78, 5) is 0. The Kier molecular flexibility index (Phi) is 4.78. The molecule has 0 aliphatic carbocycles. The van der Waals surface area contributed by atoms with Crippen LogP contribution >= 0.6 is 0 Å². The smallest absolute Gasteiger partial charge is 0.214 e. The summed E-state index contributed by atoms with van der Waals surface area (Å²) in [6.07, 6.45) is 3.11. The number of nitrogens with zero attached hydrogens (tertiary/aromatic N) is 1. The molecule has 2 rings (SSSR count). The lowest BCUT2D eigenvalue weighted by Gasteiger charge is -2.28. The van der Waals surface area contributed by atoms with Crippen LogP contribution in [0.3, 0.4) is 0 Å². The van der Waals surface area contributed by atoms with E-state index in [1.54, 1.807) is 4.31 Å². The standard InChI is InChI=1S/C11H22N2O3S/c14-17(15,13-5-7-16-8-6-13)9-3-11-2-1-4-12-10-11/h11-12H,1-10H2. The molecule has 2 saturated heterocycles. The number of hydrogen-bond donors (Lipinski definition) is 1. The first-order valence-corrected chi connectivity index (χ1v) is 8.06. The molecule has 0 radical (unpaired) electrons. The van der Waals surface area contributed by atoms with E-state index in [0.29, 0.717) is 38.0 Å². The van der Waals surface area contributed by atoms with Crippen molar-refractivity contribution >= 4 is 10.0 Å². The second-order valence-electron chi connectivity index (χ2n) is 4.83. The predicted molar refractivity (Wildman–Crippen MR) is 66.4 cm³/mol. The maximum atomic E-state index is 12.1. The molecule has 0 spiro atoms. The van der Waals surface area contributed by atoms with Crippen LogP contribution in [0.1, 0.15) is 19.3 Å². The van der Waals surface area contributed by atoms with Crippen LogP contribution in [0.5, 0.6) is 0 Å². The fraction of sp³-hybridized carbons (Fsp3) is 1.00. The number of sulfonamides is 1. The van der Waals surface area contributed by atoms with Gasteiger partial charge in [-0.25, -0.2) is 8.42 Å². The van der Waals surface area contributed by atoms with E-state index in [0.717, 1.165) is 25.9 Å². The molecule has 1 unspecified atom stereocenters. The number of rotatable bonds is 4. The Morgan fingerprint density at radius 2 is 2.06 bits per heavy atom. The molecule has 0 aromatic carbocycles. The van der Waals surface area contributed by atoms with Crippen LogP contribution in [-0.4, -0.2) is 57.9 Å². The lowest BCUT2D eigenvalue weighted by atomic mass is 9.97. The Balaban J connectivity index is 1.79. The number of piperidine rings is 1. The summed E-state index contributed by atoms with van der Waals surface area (Å²) < 4.78 is 30.9. The van der Waals surface area contributed by atoms with Crippen molar-refractivity contribution in [1.29, 1.82) is 0 Å². The van der Waals surface area contributed by atoms with E-state index >= 15 is 0 Å². The highest BCUT2D eigenvalue weighted by Gasteiger charge is 2.25. The van der Waals surface area contributed by atoms with Crippen molar-refractivity contribution in [1.82, 2.24) is 9.62 Å². The molecule has 0 aromatic heterocycles. The number of nitrogens with one attached hydrogen (secondary N) is 1. The monoisotopic (exact) mass is 262 g/mol. The Bertz CT molecular complexity index is 320. The van der Waals surface area contributed by atoms with Gasteiger partial charge >= 0.3 is 0 Å². The first-order valence-electron chi connectivity index (χ1n) is 6.45. The highest BCUT2D eigenvalue weighted by molar-refractivity contribution is 7.89. The topological polar surface area (TPSA) is 58.6 Å². The van der Waals surface area contributed by atoms with E-state index < -0.39 is 10.0 Å². The Labute approximate surface area is 104 Å². The van der Waals surface area contributed by atoms with Crippen molar-refractivity contribution < 1.29 is 13.2 Å². The van der Waals surface area contributed by atoms with Gasteiger partial charge in [-0.05, 0) is 38.3 Å². The summed E-state index contributed by atoms with van der Waals surface area (Å²) in [5, 5.41) is 3.32. The minimum atomic E-state index is -3.06. The third kappa shape index (κ3) is 3.91. The summed E-state index contributed by atoms with van der Waals surface area (Å²) in [6, 6.07) is 0. The molecule has 6 heteroatoms. The van der Waals surface area contributed by atoms with Crippen LogP contribution in [-0.2, 0) is 14.8 Å². The van der Waals surface area contributed by atoms with Gasteiger partial charge in [0.05, 0.1) is 19.0 Å². The third-order valence-corrected chi connectivity index (χ3v) is 5.45. The zero-order valence-electron chi connectivity index (χ0n) is 10.2. The summed E-state index contributed by atoms with van der Waals surface area (Å²) in [6.45, 7) is 4.15. The molecule has 100 valence electrons. The van der Waals surface area contributed by atoms with Crippen molar-refractivity contribution in [3.63, 3.8) is 0 Å². The molecular formula is C11H22N2O3S. The Hall–Kier alpha value is -0.170. The molecule has 1 N–H and O–H groups in total. The Morgan fingerprint density at radius 3 is 2.71 bits per heavy atom. The van der Waals surface area contributed by atoms with Crippen LogP contribution in [0.4, 0.5) is 0 Å². The quantitative estimate of drug-likeness (QED) is 0.777. The fourth-order valence-electron chi connectivity index (χ4n) is 2.44. The number of ether oxygens (including phenoxy) is 1. The first-order chi connectivity index (χ1) is 8.18. The van der Waals surface area contributed by atoms with Gasteiger partial charge < -0.3 is 10.1 Å². The van der Waals surface area contributed by atoms with Gasteiger partial charge in [0.1, 0.15) is 0 Å². The minimum Gasteiger partial charge on any atom is -0.379 e. The SMILES string of the molecule is O=S(=O)(CCC1CCCNC1)N1CCOCC1. The summed E-state index contributed by atoms with van der Waals surface area (Å²) in [7, 11) is -3.06. The van der Waals surface area contributed by atoms with Crippen molar-refractivity contribution in [3.8, 4) is 0 Å². The van der Waals surface area contributed by atoms with Crippen LogP contribution in [0.25, 0.3) is 0 Å². The molecule has 0 saturated carbocycles. The van der Waals surface area contributed by atoms with Gasteiger partial charge in [-0.3, -0.25) is 0 Å². The lowest BCUT2D eigenvalue weighted by Crippen LogP contribution is -2.42. The van der Waals surface area contributed by atoms with E-state index in [2.05, 4.69) is 5.32 Å². The molecule has 0 aromatic rings. The van der Waals surface area contributed by atoms with Crippen LogP contribution < -0.4 is 5.32 Å². The lowest BCUT2D eigenvalue weighted by molar-refractivity contribution is 0.0729. The van der Waals surface area contributed by atoms with E-state index in [-0.39, 0.29) is 0 Å². The minimum absolute atomic E-state index is 0.291. The summed E-state index contributed by atoms with van der Waals surface area (Å²) in [5.74, 6) is 0.818. The van der Waals surface area contributed by atoms with E-state index in [1.165, 1.54) is 6.42 Å².